The Morgan fingerprint density at radius 2 is 2.13 bits per heavy atom. The number of rotatable bonds is 5. The minimum absolute atomic E-state index is 0.00606. The first-order valence-electron chi connectivity index (χ1n) is 9.21. The molecule has 0 saturated heterocycles. The lowest BCUT2D eigenvalue weighted by Crippen LogP contribution is -2.35. The number of nitro groups is 1. The van der Waals surface area contributed by atoms with Crippen LogP contribution in [0.2, 0.25) is 0 Å². The molecule has 1 aromatic carbocycles. The smallest absolute Gasteiger partial charge is 0.283 e. The summed E-state index contributed by atoms with van der Waals surface area (Å²) in [4.78, 5) is 27.0. The third-order valence-corrected chi connectivity index (χ3v) is 5.53. The molecule has 0 spiro atoms. The summed E-state index contributed by atoms with van der Waals surface area (Å²) in [7, 11) is 0. The van der Waals surface area contributed by atoms with Crippen LogP contribution in [0, 0.1) is 22.4 Å². The van der Waals surface area contributed by atoms with E-state index < -0.39 is 10.8 Å². The molecule has 0 bridgehead atoms. The van der Waals surface area contributed by atoms with Gasteiger partial charge in [-0.05, 0) is 61.4 Å². The average Bonchev–Trinajstić information content (AvgIpc) is 3.32. The van der Waals surface area contributed by atoms with Crippen LogP contribution in [0.15, 0.2) is 50.4 Å². The summed E-state index contributed by atoms with van der Waals surface area (Å²) in [6, 6.07) is 7.90. The number of hydrazone groups is 1. The van der Waals surface area contributed by atoms with Crippen LogP contribution in [0.25, 0.3) is 17.4 Å². The predicted molar refractivity (Wildman–Crippen MR) is 115 cm³/mol. The van der Waals surface area contributed by atoms with Gasteiger partial charge in [-0.2, -0.15) is 15.1 Å². The Hall–Kier alpha value is -3.53. The van der Waals surface area contributed by atoms with E-state index in [1.165, 1.54) is 35.0 Å². The van der Waals surface area contributed by atoms with Gasteiger partial charge in [0.2, 0.25) is 5.17 Å². The van der Waals surface area contributed by atoms with Crippen molar-refractivity contribution in [3.05, 3.63) is 57.3 Å². The number of aliphatic imine (C=N–C) groups is 1. The number of nitro benzene ring substituents is 1. The van der Waals surface area contributed by atoms with E-state index in [0.717, 1.165) is 17.9 Å². The quantitative estimate of drug-likeness (QED) is 0.426. The van der Waals surface area contributed by atoms with Gasteiger partial charge in [-0.3, -0.25) is 20.3 Å². The molecule has 9 nitrogen and oxygen atoms in total. The second kappa shape index (κ2) is 7.71. The molecule has 1 N–H and O–H groups in total. The first-order chi connectivity index (χ1) is 14.4. The van der Waals surface area contributed by atoms with Gasteiger partial charge in [0, 0.05) is 17.7 Å². The van der Waals surface area contributed by atoms with Crippen LogP contribution in [0.5, 0.6) is 0 Å². The third kappa shape index (κ3) is 3.57. The van der Waals surface area contributed by atoms with Crippen LogP contribution in [-0.4, -0.2) is 31.9 Å². The first kappa shape index (κ1) is 19.8. The van der Waals surface area contributed by atoms with Crippen molar-refractivity contribution in [2.24, 2.45) is 10.1 Å². The van der Waals surface area contributed by atoms with Crippen LogP contribution < -0.4 is 0 Å². The number of amidine groups is 2. The maximum atomic E-state index is 12.5. The minimum atomic E-state index is -0.517. The van der Waals surface area contributed by atoms with Crippen LogP contribution in [0.3, 0.4) is 0 Å². The largest absolute Gasteiger partial charge is 0.457 e. The summed E-state index contributed by atoms with van der Waals surface area (Å²) >= 11 is 1.31. The summed E-state index contributed by atoms with van der Waals surface area (Å²) in [5.41, 5.74) is 1.49. The van der Waals surface area contributed by atoms with Crippen LogP contribution in [0.4, 0.5) is 5.69 Å². The highest BCUT2D eigenvalue weighted by atomic mass is 32.2. The van der Waals surface area contributed by atoms with E-state index in [1.807, 2.05) is 6.92 Å². The van der Waals surface area contributed by atoms with Gasteiger partial charge < -0.3 is 4.42 Å². The highest BCUT2D eigenvalue weighted by molar-refractivity contribution is 8.26. The second-order valence-electron chi connectivity index (χ2n) is 6.72. The van der Waals surface area contributed by atoms with Crippen molar-refractivity contribution in [3.63, 3.8) is 0 Å². The molecule has 0 aliphatic carbocycles. The van der Waals surface area contributed by atoms with Gasteiger partial charge in [0.25, 0.3) is 11.6 Å². The number of benzene rings is 1. The van der Waals surface area contributed by atoms with Gasteiger partial charge in [-0.25, -0.2) is 0 Å². The Bertz CT molecular complexity index is 1180. The zero-order chi connectivity index (χ0) is 21.4. The first-order valence-corrected chi connectivity index (χ1v) is 10.0. The van der Waals surface area contributed by atoms with Gasteiger partial charge in [-0.15, -0.1) is 0 Å². The van der Waals surface area contributed by atoms with Gasteiger partial charge in [0.15, 0.2) is 5.84 Å². The van der Waals surface area contributed by atoms with E-state index in [4.69, 9.17) is 9.83 Å². The van der Waals surface area contributed by atoms with Gasteiger partial charge in [0.1, 0.15) is 16.6 Å². The Morgan fingerprint density at radius 1 is 1.33 bits per heavy atom. The fourth-order valence-electron chi connectivity index (χ4n) is 3.10. The van der Waals surface area contributed by atoms with Crippen molar-refractivity contribution in [2.45, 2.75) is 26.7 Å². The number of aryl methyl sites for hydroxylation is 1. The topological polar surface area (TPSA) is 125 Å². The molecule has 3 heterocycles. The lowest BCUT2D eigenvalue weighted by Gasteiger charge is -2.19. The number of carbonyl (C=O) groups excluding carboxylic acids is 1. The summed E-state index contributed by atoms with van der Waals surface area (Å²) in [5, 5.41) is 26.3. The lowest BCUT2D eigenvalue weighted by atomic mass is 10.1. The van der Waals surface area contributed by atoms with Crippen LogP contribution in [-0.2, 0) is 4.79 Å². The molecule has 0 radical (unpaired) electrons. The molecule has 0 fully saturated rings. The fraction of sp³-hybridized carbons (Fsp3) is 0.200. The summed E-state index contributed by atoms with van der Waals surface area (Å²) < 4.78 is 5.82. The van der Waals surface area contributed by atoms with E-state index in [2.05, 4.69) is 10.1 Å². The average molecular weight is 423 g/mol. The van der Waals surface area contributed by atoms with E-state index in [0.29, 0.717) is 27.8 Å². The molecule has 0 saturated carbocycles. The van der Waals surface area contributed by atoms with E-state index in [1.54, 1.807) is 25.1 Å². The molecular weight excluding hydrogens is 406 g/mol. The highest BCUT2D eigenvalue weighted by Gasteiger charge is 2.35. The SMILES string of the molecule is CCCC1=NN2C(=N)C(=Cc3ccc(-c4ccc([N+](=O)[O-])cc4C)o3)C(=O)N=C2S1. The lowest BCUT2D eigenvalue weighted by molar-refractivity contribution is -0.384. The number of non-ortho nitro benzene ring substituents is 1. The van der Waals surface area contributed by atoms with Gasteiger partial charge in [0.05, 0.1) is 10.5 Å². The summed E-state index contributed by atoms with van der Waals surface area (Å²) in [5.74, 6) is 0.316. The third-order valence-electron chi connectivity index (χ3n) is 4.56. The molecule has 0 unspecified atom stereocenters. The van der Waals surface area contributed by atoms with Crippen molar-refractivity contribution >= 4 is 45.5 Å². The van der Waals surface area contributed by atoms with Gasteiger partial charge in [-0.1, -0.05) is 6.92 Å². The maximum Gasteiger partial charge on any atom is 0.283 e. The molecule has 2 aliphatic heterocycles. The molecule has 30 heavy (non-hydrogen) atoms. The van der Waals surface area contributed by atoms with E-state index >= 15 is 0 Å². The maximum absolute atomic E-state index is 12.5. The zero-order valence-corrected chi connectivity index (χ0v) is 17.0. The second-order valence-corrected chi connectivity index (χ2v) is 7.76. The number of thioether (sulfide) groups is 1. The Kier molecular flexibility index (Phi) is 5.08. The predicted octanol–water partition coefficient (Wildman–Crippen LogP) is 4.58. The Labute approximate surface area is 175 Å². The number of nitrogens with one attached hydrogen (secondary N) is 1. The van der Waals surface area contributed by atoms with Crippen molar-refractivity contribution in [1.29, 1.82) is 5.41 Å². The van der Waals surface area contributed by atoms with Gasteiger partial charge >= 0.3 is 0 Å². The zero-order valence-electron chi connectivity index (χ0n) is 16.2. The van der Waals surface area contributed by atoms with Crippen LogP contribution >= 0.6 is 11.8 Å². The van der Waals surface area contributed by atoms with Crippen molar-refractivity contribution in [2.75, 3.05) is 0 Å². The van der Waals surface area contributed by atoms with Crippen molar-refractivity contribution in [1.82, 2.24) is 5.01 Å². The molecule has 1 amide bonds. The summed E-state index contributed by atoms with van der Waals surface area (Å²) in [6.45, 7) is 3.79. The highest BCUT2D eigenvalue weighted by Crippen LogP contribution is 2.32. The van der Waals surface area contributed by atoms with E-state index in [-0.39, 0.29) is 17.1 Å². The van der Waals surface area contributed by atoms with E-state index in [9.17, 15) is 14.9 Å². The van der Waals surface area contributed by atoms with Crippen LogP contribution in [0.1, 0.15) is 31.1 Å². The normalized spacial score (nSPS) is 17.3. The summed E-state index contributed by atoms with van der Waals surface area (Å²) in [6.07, 6.45) is 3.14. The standard InChI is InChI=1S/C20H17N5O4S/c1-3-4-17-23-24-18(21)15(19(26)22-20(24)30-17)10-13-6-8-16(29-13)14-7-5-12(25(27)28)9-11(14)2/h5-10,21H,3-4H2,1-2H3. The monoisotopic (exact) mass is 423 g/mol. The Morgan fingerprint density at radius 3 is 2.83 bits per heavy atom. The fourth-order valence-corrected chi connectivity index (χ4v) is 4.09. The number of nitrogens with zero attached hydrogens (tertiary/aromatic N) is 4. The molecule has 10 heteroatoms. The number of furan rings is 1. The number of carbonyl (C=O) groups is 1. The minimum Gasteiger partial charge on any atom is -0.457 e. The van der Waals surface area contributed by atoms with Crippen molar-refractivity contribution in [3.8, 4) is 11.3 Å². The molecule has 4 rings (SSSR count). The molecule has 152 valence electrons. The number of fused-ring (bicyclic) bond motifs is 1. The molecule has 1 aromatic heterocycles. The number of hydrogen-bond donors (Lipinski definition) is 1. The number of hydrogen-bond acceptors (Lipinski definition) is 7. The molecular formula is C20H17N5O4S. The number of amides is 1. The molecule has 2 aliphatic rings. The Balaban J connectivity index is 1.63. The molecule has 2 aromatic rings. The van der Waals surface area contributed by atoms with Crippen molar-refractivity contribution < 1.29 is 14.1 Å². The molecule has 0 atom stereocenters.